The second-order valence-electron chi connectivity index (χ2n) is 10.4. The highest BCUT2D eigenvalue weighted by molar-refractivity contribution is 6.06. The van der Waals surface area contributed by atoms with Crippen molar-refractivity contribution in [1.29, 1.82) is 0 Å². The Kier molecular flexibility index (Phi) is 8.54. The second kappa shape index (κ2) is 12.4. The topological polar surface area (TPSA) is 67.9 Å². The van der Waals surface area contributed by atoms with Gasteiger partial charge in [0.1, 0.15) is 11.5 Å². The molecule has 0 aromatic heterocycles. The lowest BCUT2D eigenvalue weighted by Crippen LogP contribution is -2.38. The molecule has 1 amide bonds. The van der Waals surface area contributed by atoms with E-state index in [1.165, 1.54) is 0 Å². The van der Waals surface area contributed by atoms with Crippen molar-refractivity contribution >= 4 is 23.1 Å². The first kappa shape index (κ1) is 27.5. The molecular formula is C34H38N2O4. The average molecular weight is 539 g/mol. The molecule has 2 atom stereocenters. The van der Waals surface area contributed by atoms with Crippen molar-refractivity contribution < 1.29 is 19.1 Å². The van der Waals surface area contributed by atoms with Crippen LogP contribution in [0.15, 0.2) is 84.1 Å². The van der Waals surface area contributed by atoms with E-state index in [2.05, 4.69) is 18.3 Å². The van der Waals surface area contributed by atoms with Gasteiger partial charge in [0.05, 0.1) is 31.1 Å². The Balaban J connectivity index is 1.65. The summed E-state index contributed by atoms with van der Waals surface area (Å²) in [6.45, 7) is 4.67. The number of benzene rings is 3. The fourth-order valence-electron chi connectivity index (χ4n) is 5.94. The van der Waals surface area contributed by atoms with Crippen LogP contribution in [0.25, 0.3) is 0 Å². The van der Waals surface area contributed by atoms with Gasteiger partial charge in [-0.25, -0.2) is 0 Å². The molecule has 1 aliphatic heterocycles. The van der Waals surface area contributed by atoms with Crippen LogP contribution in [0.5, 0.6) is 11.5 Å². The Hall–Kier alpha value is -4.06. The highest BCUT2D eigenvalue weighted by Crippen LogP contribution is 2.48. The molecule has 208 valence electrons. The Bertz CT molecular complexity index is 1400. The Labute approximate surface area is 237 Å². The lowest BCUT2D eigenvalue weighted by molar-refractivity contribution is -0.119. The zero-order chi connectivity index (χ0) is 28.1. The van der Waals surface area contributed by atoms with Gasteiger partial charge in [0, 0.05) is 30.0 Å². The van der Waals surface area contributed by atoms with Crippen molar-refractivity contribution in [2.75, 3.05) is 23.9 Å². The van der Waals surface area contributed by atoms with Gasteiger partial charge < -0.3 is 14.8 Å². The molecule has 1 N–H and O–H groups in total. The molecule has 1 aliphatic carbocycles. The van der Waals surface area contributed by atoms with Gasteiger partial charge >= 0.3 is 0 Å². The summed E-state index contributed by atoms with van der Waals surface area (Å²) in [5.74, 6) is 1.59. The maximum atomic E-state index is 14.2. The molecule has 0 spiro atoms. The molecule has 0 unspecified atom stereocenters. The third-order valence-electron chi connectivity index (χ3n) is 7.84. The number of methoxy groups -OCH3 is 1. The Morgan fingerprint density at radius 3 is 2.45 bits per heavy atom. The van der Waals surface area contributed by atoms with E-state index in [0.29, 0.717) is 31.4 Å². The van der Waals surface area contributed by atoms with Gasteiger partial charge in [0.25, 0.3) is 0 Å². The third-order valence-corrected chi connectivity index (χ3v) is 7.84. The van der Waals surface area contributed by atoms with Gasteiger partial charge in [0.15, 0.2) is 5.78 Å². The predicted octanol–water partition coefficient (Wildman–Crippen LogP) is 7.57. The van der Waals surface area contributed by atoms with Gasteiger partial charge in [-0.15, -0.1) is 0 Å². The quantitative estimate of drug-likeness (QED) is 0.285. The maximum Gasteiger partial charge on any atom is 0.227 e. The predicted molar refractivity (Wildman–Crippen MR) is 159 cm³/mol. The number of para-hydroxylation sites is 3. The van der Waals surface area contributed by atoms with Crippen LogP contribution >= 0.6 is 0 Å². The third kappa shape index (κ3) is 5.48. The smallest absolute Gasteiger partial charge is 0.227 e. The minimum atomic E-state index is -0.540. The SMILES string of the molecule is CCCCCC(=O)N1c2ccccc2NC2=C(C(=O)C[C@@H](c3ccccc3OCC)C2)[C@H]1c1ccc(OC)cc1. The molecule has 2 aliphatic rings. The minimum absolute atomic E-state index is 0.0221. The summed E-state index contributed by atoms with van der Waals surface area (Å²) in [7, 11) is 1.63. The van der Waals surface area contributed by atoms with E-state index in [-0.39, 0.29) is 17.6 Å². The number of ether oxygens (including phenoxy) is 2. The Morgan fingerprint density at radius 2 is 1.70 bits per heavy atom. The highest BCUT2D eigenvalue weighted by atomic mass is 16.5. The number of nitrogens with one attached hydrogen (secondary N) is 1. The van der Waals surface area contributed by atoms with Gasteiger partial charge in [-0.1, -0.05) is 62.2 Å². The van der Waals surface area contributed by atoms with Gasteiger partial charge in [-0.05, 0) is 61.2 Å². The van der Waals surface area contributed by atoms with E-state index in [0.717, 1.165) is 59.0 Å². The molecule has 0 radical (unpaired) electrons. The molecule has 0 saturated heterocycles. The molecule has 6 nitrogen and oxygen atoms in total. The first-order valence-electron chi connectivity index (χ1n) is 14.4. The van der Waals surface area contributed by atoms with Crippen molar-refractivity contribution in [3.05, 3.63) is 95.2 Å². The number of nitrogens with zero attached hydrogens (tertiary/aromatic N) is 1. The van der Waals surface area contributed by atoms with E-state index < -0.39 is 6.04 Å². The van der Waals surface area contributed by atoms with E-state index >= 15 is 0 Å². The standard InChI is InChI=1S/C34H38N2O4/c1-4-6-7-16-32(38)36-29-14-10-9-13-27(29)35-28-21-24(26-12-8-11-15-31(26)40-5-2)22-30(37)33(28)34(36)23-17-19-25(39-3)20-18-23/h8-15,17-20,24,34-35H,4-7,16,21-22H2,1-3H3/t24-,34+/m0/s1. The van der Waals surface area contributed by atoms with Gasteiger partial charge in [0.2, 0.25) is 5.91 Å². The van der Waals surface area contributed by atoms with Crippen LogP contribution in [0.2, 0.25) is 0 Å². The van der Waals surface area contributed by atoms with Crippen LogP contribution in [0.1, 0.15) is 75.5 Å². The first-order chi connectivity index (χ1) is 19.5. The van der Waals surface area contributed by atoms with E-state index in [4.69, 9.17) is 9.47 Å². The van der Waals surface area contributed by atoms with Gasteiger partial charge in [-0.2, -0.15) is 0 Å². The van der Waals surface area contributed by atoms with Gasteiger partial charge in [-0.3, -0.25) is 14.5 Å². The lowest BCUT2D eigenvalue weighted by atomic mass is 9.78. The second-order valence-corrected chi connectivity index (χ2v) is 10.4. The summed E-state index contributed by atoms with van der Waals surface area (Å²) in [6, 6.07) is 23.1. The van der Waals surface area contributed by atoms with E-state index in [9.17, 15) is 9.59 Å². The van der Waals surface area contributed by atoms with Crippen LogP contribution in [-0.2, 0) is 9.59 Å². The average Bonchev–Trinajstić information content (AvgIpc) is 3.12. The number of hydrogen-bond acceptors (Lipinski definition) is 5. The highest BCUT2D eigenvalue weighted by Gasteiger charge is 2.41. The van der Waals surface area contributed by atoms with Crippen LogP contribution in [0, 0.1) is 0 Å². The first-order valence-corrected chi connectivity index (χ1v) is 14.4. The van der Waals surface area contributed by atoms with Crippen molar-refractivity contribution in [3.8, 4) is 11.5 Å². The zero-order valence-corrected chi connectivity index (χ0v) is 23.6. The molecule has 0 bridgehead atoms. The number of carbonyl (C=O) groups is 2. The maximum absolute atomic E-state index is 14.2. The van der Waals surface area contributed by atoms with Crippen LogP contribution in [-0.4, -0.2) is 25.4 Å². The molecule has 3 aromatic rings. The zero-order valence-electron chi connectivity index (χ0n) is 23.6. The normalized spacial score (nSPS) is 18.4. The summed E-state index contributed by atoms with van der Waals surface area (Å²) in [5.41, 5.74) is 5.08. The number of ketones is 1. The van der Waals surface area contributed by atoms with E-state index in [1.54, 1.807) is 7.11 Å². The summed E-state index contributed by atoms with van der Waals surface area (Å²) in [4.78, 5) is 30.1. The Morgan fingerprint density at radius 1 is 0.950 bits per heavy atom. The number of rotatable bonds is 9. The molecular weight excluding hydrogens is 500 g/mol. The fraction of sp³-hybridized carbons (Fsp3) is 0.353. The number of anilines is 2. The number of unbranched alkanes of at least 4 members (excludes halogenated alkanes) is 2. The fourth-order valence-corrected chi connectivity index (χ4v) is 5.94. The summed E-state index contributed by atoms with van der Waals surface area (Å²) in [5, 5.41) is 3.62. The number of Topliss-reactive ketones (excluding diaryl/α,β-unsaturated/α-hetero) is 1. The summed E-state index contributed by atoms with van der Waals surface area (Å²) >= 11 is 0. The summed E-state index contributed by atoms with van der Waals surface area (Å²) < 4.78 is 11.4. The van der Waals surface area contributed by atoms with Crippen molar-refractivity contribution in [1.82, 2.24) is 0 Å². The van der Waals surface area contributed by atoms with Crippen molar-refractivity contribution in [2.45, 2.75) is 64.3 Å². The van der Waals surface area contributed by atoms with Crippen LogP contribution < -0.4 is 19.7 Å². The number of allylic oxidation sites excluding steroid dienone is 1. The van der Waals surface area contributed by atoms with Crippen LogP contribution in [0.3, 0.4) is 0 Å². The number of hydrogen-bond donors (Lipinski definition) is 1. The number of fused-ring (bicyclic) bond motifs is 1. The van der Waals surface area contributed by atoms with E-state index in [1.807, 2.05) is 78.6 Å². The molecule has 6 heteroatoms. The molecule has 3 aromatic carbocycles. The monoisotopic (exact) mass is 538 g/mol. The number of carbonyl (C=O) groups excluding carboxylic acids is 2. The summed E-state index contributed by atoms with van der Waals surface area (Å²) in [6.07, 6.45) is 4.25. The largest absolute Gasteiger partial charge is 0.497 e. The molecule has 5 rings (SSSR count). The van der Waals surface area contributed by atoms with Crippen LogP contribution in [0.4, 0.5) is 11.4 Å². The molecule has 0 fully saturated rings. The van der Waals surface area contributed by atoms with Crippen molar-refractivity contribution in [3.63, 3.8) is 0 Å². The molecule has 1 heterocycles. The molecule has 0 saturated carbocycles. The lowest BCUT2D eigenvalue weighted by Gasteiger charge is -2.35. The molecule has 40 heavy (non-hydrogen) atoms. The number of amides is 1. The van der Waals surface area contributed by atoms with Crippen molar-refractivity contribution in [2.24, 2.45) is 0 Å². The minimum Gasteiger partial charge on any atom is -0.497 e.